The lowest BCUT2D eigenvalue weighted by Crippen LogP contribution is -2.65. The molecule has 0 saturated carbocycles. The number of rotatable bonds is 7. The number of alkyl halides is 1. The van der Waals surface area contributed by atoms with Gasteiger partial charge in [0.25, 0.3) is 0 Å². The molecule has 2 fully saturated rings. The lowest BCUT2D eigenvalue weighted by Gasteiger charge is -2.44. The summed E-state index contributed by atoms with van der Waals surface area (Å²) < 4.78 is 5.83. The average Bonchev–Trinajstić information content (AvgIpc) is 2.99. The van der Waals surface area contributed by atoms with Gasteiger partial charge < -0.3 is 25.4 Å². The third-order valence-corrected chi connectivity index (χ3v) is 6.22. The molecule has 0 aliphatic carbocycles. The van der Waals surface area contributed by atoms with E-state index < -0.39 is 41.9 Å². The molecule has 2 saturated heterocycles. The zero-order chi connectivity index (χ0) is 20.3. The molecule has 9 atom stereocenters. The number of hydrogen-bond acceptors (Lipinski definition) is 6. The number of aliphatic hydroxyl groups excluding tert-OH is 3. The van der Waals surface area contributed by atoms with E-state index >= 15 is 0 Å². The normalized spacial score (nSPS) is 39.9. The second-order valence-corrected chi connectivity index (χ2v) is 8.77. The molecule has 0 aromatic rings. The van der Waals surface area contributed by atoms with Crippen LogP contribution in [0.3, 0.4) is 0 Å². The van der Waals surface area contributed by atoms with Crippen molar-refractivity contribution in [1.82, 2.24) is 10.2 Å². The first-order valence-corrected chi connectivity index (χ1v) is 10.5. The summed E-state index contributed by atoms with van der Waals surface area (Å²) in [6.45, 7) is 6.58. The lowest BCUT2D eigenvalue weighted by molar-refractivity contribution is -0.228. The maximum Gasteiger partial charge on any atom is 0.237 e. The zero-order valence-electron chi connectivity index (χ0n) is 16.7. The molecule has 2 heterocycles. The predicted molar refractivity (Wildman–Crippen MR) is 104 cm³/mol. The Bertz CT molecular complexity index is 493. The van der Waals surface area contributed by atoms with Gasteiger partial charge >= 0.3 is 0 Å². The van der Waals surface area contributed by atoms with Crippen LogP contribution in [-0.4, -0.2) is 87.7 Å². The van der Waals surface area contributed by atoms with E-state index in [0.29, 0.717) is 12.3 Å². The molecular formula is C19H35ClN2O5. The van der Waals surface area contributed by atoms with Crippen molar-refractivity contribution in [2.75, 3.05) is 13.6 Å². The Labute approximate surface area is 167 Å². The van der Waals surface area contributed by atoms with E-state index in [1.54, 1.807) is 6.92 Å². The Morgan fingerprint density at radius 1 is 1.26 bits per heavy atom. The van der Waals surface area contributed by atoms with Gasteiger partial charge in [0.2, 0.25) is 5.91 Å². The molecule has 8 heteroatoms. The van der Waals surface area contributed by atoms with E-state index in [2.05, 4.69) is 17.1 Å². The molecule has 0 bridgehead atoms. The number of likely N-dealkylation sites (N-methyl/N-ethyl adjacent to an activating group) is 1. The fraction of sp³-hybridized carbons (Fsp3) is 0.947. The van der Waals surface area contributed by atoms with Crippen LogP contribution < -0.4 is 5.32 Å². The van der Waals surface area contributed by atoms with Gasteiger partial charge in [-0.3, -0.25) is 9.69 Å². The third-order valence-electron chi connectivity index (χ3n) is 5.94. The van der Waals surface area contributed by atoms with Crippen molar-refractivity contribution in [3.63, 3.8) is 0 Å². The van der Waals surface area contributed by atoms with Gasteiger partial charge in [-0.15, -0.1) is 11.6 Å². The predicted octanol–water partition coefficient (Wildman–Crippen LogP) is 0.479. The third kappa shape index (κ3) is 5.14. The first-order valence-electron chi connectivity index (χ1n) is 10.1. The Hall–Kier alpha value is -0.440. The molecule has 2 aliphatic heterocycles. The van der Waals surface area contributed by atoms with Crippen LogP contribution >= 0.6 is 11.6 Å². The lowest BCUT2D eigenvalue weighted by atomic mass is 9.89. The standard InChI is InChI=1S/C19H35ClN2O5/c1-5-7-11-8-12(22(4)9-11)19(26)21-14(10(3)20)18-17(25)16(24)15(23)13(6-2)27-18/h10-18,23-25H,5-9H2,1-4H3,(H,21,26)/t10?,11-,12+,13-,14+,15+,16-,17-,18?/m1/s1. The average molecular weight is 407 g/mol. The number of nitrogens with one attached hydrogen (secondary N) is 1. The highest BCUT2D eigenvalue weighted by molar-refractivity contribution is 6.21. The number of nitrogens with zero attached hydrogens (tertiary/aromatic N) is 1. The van der Waals surface area contributed by atoms with Crippen LogP contribution in [0.4, 0.5) is 0 Å². The summed E-state index contributed by atoms with van der Waals surface area (Å²) in [7, 11) is 1.94. The van der Waals surface area contributed by atoms with Crippen LogP contribution in [0, 0.1) is 5.92 Å². The highest BCUT2D eigenvalue weighted by atomic mass is 35.5. The van der Waals surface area contributed by atoms with Gasteiger partial charge in [-0.05, 0) is 39.2 Å². The van der Waals surface area contributed by atoms with E-state index in [9.17, 15) is 20.1 Å². The van der Waals surface area contributed by atoms with Crippen LogP contribution in [0.25, 0.3) is 0 Å². The quantitative estimate of drug-likeness (QED) is 0.459. The molecule has 2 unspecified atom stereocenters. The number of halogens is 1. The van der Waals surface area contributed by atoms with Crippen molar-refractivity contribution in [3.8, 4) is 0 Å². The first-order chi connectivity index (χ1) is 12.7. The van der Waals surface area contributed by atoms with Gasteiger partial charge in [-0.2, -0.15) is 0 Å². The molecule has 0 radical (unpaired) electrons. The van der Waals surface area contributed by atoms with Crippen molar-refractivity contribution in [2.45, 2.75) is 94.4 Å². The number of amides is 1. The van der Waals surface area contributed by atoms with E-state index in [1.165, 1.54) is 0 Å². The van der Waals surface area contributed by atoms with Crippen molar-refractivity contribution in [2.24, 2.45) is 5.92 Å². The summed E-state index contributed by atoms with van der Waals surface area (Å²) in [5.74, 6) is 0.360. The summed E-state index contributed by atoms with van der Waals surface area (Å²) in [5.41, 5.74) is 0. The molecule has 0 aromatic heterocycles. The van der Waals surface area contributed by atoms with Gasteiger partial charge in [0, 0.05) is 6.54 Å². The topological polar surface area (TPSA) is 102 Å². The van der Waals surface area contributed by atoms with Crippen molar-refractivity contribution < 1.29 is 24.9 Å². The van der Waals surface area contributed by atoms with Crippen molar-refractivity contribution >= 4 is 17.5 Å². The second-order valence-electron chi connectivity index (χ2n) is 8.08. The molecule has 0 spiro atoms. The monoisotopic (exact) mass is 406 g/mol. The van der Waals surface area contributed by atoms with Crippen LogP contribution in [0.5, 0.6) is 0 Å². The summed E-state index contributed by atoms with van der Waals surface area (Å²) in [4.78, 5) is 15.0. The van der Waals surface area contributed by atoms with Crippen LogP contribution in [0.15, 0.2) is 0 Å². The molecule has 158 valence electrons. The Morgan fingerprint density at radius 2 is 1.93 bits per heavy atom. The maximum absolute atomic E-state index is 12.9. The van der Waals surface area contributed by atoms with Gasteiger partial charge in [0.05, 0.1) is 23.6 Å². The number of likely N-dealkylation sites (tertiary alicyclic amines) is 1. The highest BCUT2D eigenvalue weighted by Crippen LogP contribution is 2.29. The van der Waals surface area contributed by atoms with Crippen molar-refractivity contribution in [3.05, 3.63) is 0 Å². The summed E-state index contributed by atoms with van der Waals surface area (Å²) in [6.07, 6.45) is -1.89. The fourth-order valence-electron chi connectivity index (χ4n) is 4.36. The smallest absolute Gasteiger partial charge is 0.237 e. The molecule has 4 N–H and O–H groups in total. The number of hydrogen-bond donors (Lipinski definition) is 4. The SMILES string of the molecule is CCC[C@@H]1C[C@@H](C(=O)N[C@@H](C(C)Cl)C2O[C@H](CC)[C@H](O)[C@@H](O)[C@H]2O)N(C)C1. The maximum atomic E-state index is 12.9. The summed E-state index contributed by atoms with van der Waals surface area (Å²) >= 11 is 6.32. The molecule has 7 nitrogen and oxygen atoms in total. The highest BCUT2D eigenvalue weighted by Gasteiger charge is 2.48. The minimum absolute atomic E-state index is 0.141. The van der Waals surface area contributed by atoms with Gasteiger partial charge in [0.1, 0.15) is 24.4 Å². The molecule has 2 aliphatic rings. The second kappa shape index (κ2) is 9.85. The summed E-state index contributed by atoms with van der Waals surface area (Å²) in [6, 6.07) is -0.915. The molecule has 27 heavy (non-hydrogen) atoms. The minimum atomic E-state index is -1.34. The largest absolute Gasteiger partial charge is 0.388 e. The van der Waals surface area contributed by atoms with E-state index in [0.717, 1.165) is 25.8 Å². The van der Waals surface area contributed by atoms with Crippen LogP contribution in [0.1, 0.15) is 46.5 Å². The zero-order valence-corrected chi connectivity index (χ0v) is 17.5. The first kappa shape index (κ1) is 22.8. The molecular weight excluding hydrogens is 372 g/mol. The molecule has 1 amide bonds. The Balaban J connectivity index is 2.09. The minimum Gasteiger partial charge on any atom is -0.388 e. The molecule has 2 rings (SSSR count). The van der Waals surface area contributed by atoms with Crippen molar-refractivity contribution in [1.29, 1.82) is 0 Å². The number of ether oxygens (including phenoxy) is 1. The Kier molecular flexibility index (Phi) is 8.34. The van der Waals surface area contributed by atoms with E-state index in [-0.39, 0.29) is 11.9 Å². The summed E-state index contributed by atoms with van der Waals surface area (Å²) in [5, 5.41) is 33.1. The molecule has 0 aromatic carbocycles. The van der Waals surface area contributed by atoms with Crippen LogP contribution in [-0.2, 0) is 9.53 Å². The van der Waals surface area contributed by atoms with E-state index in [4.69, 9.17) is 16.3 Å². The fourth-order valence-corrected chi connectivity index (χ4v) is 4.57. The van der Waals surface area contributed by atoms with Gasteiger partial charge in [-0.25, -0.2) is 0 Å². The van der Waals surface area contributed by atoms with Crippen LogP contribution in [0.2, 0.25) is 0 Å². The number of carbonyl (C=O) groups excluding carboxylic acids is 1. The van der Waals surface area contributed by atoms with Gasteiger partial charge in [0.15, 0.2) is 0 Å². The van der Waals surface area contributed by atoms with E-state index in [1.807, 2.05) is 14.0 Å². The Morgan fingerprint density at radius 3 is 2.48 bits per heavy atom. The van der Waals surface area contributed by atoms with Gasteiger partial charge in [-0.1, -0.05) is 20.3 Å². The number of aliphatic hydroxyl groups is 3. The number of carbonyl (C=O) groups is 1.